The molecule has 0 fully saturated rings. The number of unbranched alkanes of at least 4 members (excludes halogenated alkanes) is 2. The molecular weight excluding hydrogens is 776 g/mol. The first-order valence-corrected chi connectivity index (χ1v) is 23.6. The predicted molar refractivity (Wildman–Crippen MR) is 232 cm³/mol. The molecule has 8 nitrogen and oxygen atoms in total. The third-order valence-corrected chi connectivity index (χ3v) is 14.4. The number of benzene rings is 4. The first-order valence-electron chi connectivity index (χ1n) is 20.0. The molecule has 3 aliphatic rings. The van der Waals surface area contributed by atoms with Crippen LogP contribution in [0.4, 0.5) is 11.4 Å². The summed E-state index contributed by atoms with van der Waals surface area (Å²) in [7, 11) is -8.30. The van der Waals surface area contributed by atoms with Gasteiger partial charge in [0.25, 0.3) is 10.1 Å². The van der Waals surface area contributed by atoms with Crippen molar-refractivity contribution >= 4 is 64.8 Å². The summed E-state index contributed by atoms with van der Waals surface area (Å²) < 4.78 is 66.6. The van der Waals surface area contributed by atoms with Crippen molar-refractivity contribution in [1.82, 2.24) is 0 Å². The van der Waals surface area contributed by atoms with Crippen LogP contribution in [0.5, 0.6) is 0 Å². The van der Waals surface area contributed by atoms with Crippen LogP contribution in [0.2, 0.25) is 0 Å². The van der Waals surface area contributed by atoms with Crippen LogP contribution in [-0.2, 0) is 31.1 Å². The summed E-state index contributed by atoms with van der Waals surface area (Å²) in [5, 5.41) is 5.53. The molecule has 2 N–H and O–H groups in total. The molecule has 302 valence electrons. The number of nitrogens with one attached hydrogen (secondary N) is 1. The second-order valence-electron chi connectivity index (χ2n) is 16.9. The van der Waals surface area contributed by atoms with Crippen LogP contribution in [0.3, 0.4) is 0 Å². The molecule has 0 spiro atoms. The van der Waals surface area contributed by atoms with Crippen molar-refractivity contribution in [2.75, 3.05) is 29.5 Å². The van der Waals surface area contributed by atoms with Crippen molar-refractivity contribution in [3.05, 3.63) is 130 Å². The highest BCUT2D eigenvalue weighted by Gasteiger charge is 2.49. The average Bonchev–Trinajstić information content (AvgIpc) is 3.51. The zero-order valence-corrected chi connectivity index (χ0v) is 35.6. The normalized spacial score (nSPS) is 22.1. The van der Waals surface area contributed by atoms with Crippen molar-refractivity contribution in [2.45, 2.75) is 89.5 Å². The minimum Gasteiger partial charge on any atom is -0.748 e. The molecule has 4 aromatic carbocycles. The van der Waals surface area contributed by atoms with Crippen molar-refractivity contribution in [1.29, 1.82) is 0 Å². The summed E-state index contributed by atoms with van der Waals surface area (Å²) in [6.45, 7) is 10.4. The van der Waals surface area contributed by atoms with Gasteiger partial charge in [-0.3, -0.25) is 9.45 Å². The standard InChI is InChI=1S/C46H53ClN2O6S2/c1-45(2)40(48(28-9-11-30-56(50,51)52)38-24-20-32-14-5-7-18-36(32)42(38)45)26-22-34-16-13-17-35(44(34)47)23-27-41-46(3,4)43-37-19-8-6-15-33(37)21-25-39(43)49(41)29-10-12-31-57(53,54)55/h5-8,14-15,18-27,40H,9-13,16-17,28-31H2,1-4H3,(H,50,51,52)(H,53,54,55)/b26-22+,35-23+,41-27+. The van der Waals surface area contributed by atoms with Gasteiger partial charge in [0.15, 0.2) is 0 Å². The smallest absolute Gasteiger partial charge is 0.264 e. The van der Waals surface area contributed by atoms with E-state index in [0.717, 1.165) is 58.8 Å². The summed E-state index contributed by atoms with van der Waals surface area (Å²) in [5.41, 5.74) is 7.53. The fourth-order valence-electron chi connectivity index (χ4n) is 9.66. The number of rotatable bonds is 13. The highest BCUT2D eigenvalue weighted by Crippen LogP contribution is 2.51. The molecular formula is C46H53ClN2O6S2. The van der Waals surface area contributed by atoms with Gasteiger partial charge in [0.05, 0.1) is 27.8 Å². The maximum absolute atomic E-state index is 11.5. The van der Waals surface area contributed by atoms with E-state index in [1.807, 2.05) is 6.07 Å². The van der Waals surface area contributed by atoms with Gasteiger partial charge in [0.1, 0.15) is 11.7 Å². The Morgan fingerprint density at radius 3 is 2.16 bits per heavy atom. The van der Waals surface area contributed by atoms with E-state index in [0.29, 0.717) is 32.2 Å². The molecule has 4 aromatic rings. The van der Waals surface area contributed by atoms with Crippen LogP contribution >= 0.6 is 11.6 Å². The molecule has 1 aliphatic carbocycles. The van der Waals surface area contributed by atoms with Gasteiger partial charge in [-0.25, -0.2) is 8.42 Å². The van der Waals surface area contributed by atoms with Gasteiger partial charge < -0.3 is 9.45 Å². The van der Waals surface area contributed by atoms with Crippen LogP contribution < -0.4 is 9.80 Å². The van der Waals surface area contributed by atoms with Crippen LogP contribution in [0, 0.1) is 0 Å². The predicted octanol–water partition coefficient (Wildman–Crippen LogP) is 9.00. The number of quaternary nitrogens is 1. The summed E-state index contributed by atoms with van der Waals surface area (Å²) in [4.78, 5) is 3.57. The largest absolute Gasteiger partial charge is 0.748 e. The fraction of sp³-hybridized carbons (Fsp3) is 0.391. The summed E-state index contributed by atoms with van der Waals surface area (Å²) in [6.07, 6.45) is 13.4. The average molecular weight is 830 g/mol. The second-order valence-corrected chi connectivity index (χ2v) is 20.4. The second kappa shape index (κ2) is 16.1. The molecule has 2 aliphatic heterocycles. The molecule has 0 saturated carbocycles. The third kappa shape index (κ3) is 8.54. The molecule has 0 saturated heterocycles. The van der Waals surface area contributed by atoms with Gasteiger partial charge in [-0.15, -0.1) is 0 Å². The van der Waals surface area contributed by atoms with Crippen molar-refractivity contribution in [2.24, 2.45) is 0 Å². The number of nitrogens with zero attached hydrogens (tertiary/aromatic N) is 1. The lowest BCUT2D eigenvalue weighted by molar-refractivity contribution is -0.850. The molecule has 2 unspecified atom stereocenters. The lowest BCUT2D eigenvalue weighted by Crippen LogP contribution is -3.10. The zero-order chi connectivity index (χ0) is 40.8. The highest BCUT2D eigenvalue weighted by molar-refractivity contribution is 7.85. The van der Waals surface area contributed by atoms with Crippen LogP contribution in [-0.4, -0.2) is 56.6 Å². The minimum atomic E-state index is -4.28. The molecule has 0 amide bonds. The Labute approximate surface area is 343 Å². The van der Waals surface area contributed by atoms with E-state index in [1.165, 1.54) is 37.9 Å². The lowest BCUT2D eigenvalue weighted by atomic mass is 9.78. The Morgan fingerprint density at radius 1 is 0.825 bits per heavy atom. The topological polar surface area (TPSA) is 119 Å². The Balaban J connectivity index is 1.21. The number of hydrogen-bond acceptors (Lipinski definition) is 6. The molecule has 57 heavy (non-hydrogen) atoms. The van der Waals surface area contributed by atoms with E-state index < -0.39 is 20.2 Å². The zero-order valence-electron chi connectivity index (χ0n) is 33.2. The van der Waals surface area contributed by atoms with Gasteiger partial charge in [0, 0.05) is 45.8 Å². The van der Waals surface area contributed by atoms with Crippen molar-refractivity contribution in [3.8, 4) is 0 Å². The number of hydrogen-bond donors (Lipinski definition) is 2. The number of halogens is 1. The Bertz CT molecular complexity index is 2550. The Hall–Kier alpha value is -3.77. The van der Waals surface area contributed by atoms with Crippen molar-refractivity contribution in [3.63, 3.8) is 0 Å². The van der Waals surface area contributed by atoms with Crippen molar-refractivity contribution < 1.29 is 30.8 Å². The quantitative estimate of drug-likeness (QED) is 0.102. The molecule has 7 rings (SSSR count). The Morgan fingerprint density at radius 2 is 1.47 bits per heavy atom. The molecule has 2 heterocycles. The highest BCUT2D eigenvalue weighted by atomic mass is 35.5. The van der Waals surface area contributed by atoms with Gasteiger partial charge in [-0.05, 0) is 121 Å². The van der Waals surface area contributed by atoms with Crippen LogP contribution in [0.25, 0.3) is 21.5 Å². The Kier molecular flexibility index (Phi) is 11.7. The summed E-state index contributed by atoms with van der Waals surface area (Å²) in [5.74, 6) is -0.617. The first-order chi connectivity index (χ1) is 27.0. The lowest BCUT2D eigenvalue weighted by Gasteiger charge is -2.28. The number of allylic oxidation sites excluding steroid dienone is 7. The van der Waals surface area contributed by atoms with Gasteiger partial charge >= 0.3 is 0 Å². The van der Waals surface area contributed by atoms with Gasteiger partial charge in [0.2, 0.25) is 0 Å². The van der Waals surface area contributed by atoms with E-state index in [9.17, 15) is 25.9 Å². The van der Waals surface area contributed by atoms with Crippen LogP contribution in [0.1, 0.15) is 83.8 Å². The maximum atomic E-state index is 11.5. The molecule has 0 aromatic heterocycles. The van der Waals surface area contributed by atoms with E-state index in [-0.39, 0.29) is 28.4 Å². The van der Waals surface area contributed by atoms with E-state index in [2.05, 4.69) is 124 Å². The first kappa shape index (κ1) is 41.4. The minimum absolute atomic E-state index is 0.0651. The fourth-order valence-corrected chi connectivity index (χ4v) is 11.1. The SMILES string of the molecule is CC1(C)/C(=C\C=C2/CCCC(/C=C/C3[NH+](CCCCS(=O)(=O)O)c4ccc5ccccc5c4C3(C)C)=C2Cl)N(CCCCS(=O)(=O)[O-])c2ccc3ccccc3c21. The molecule has 2 atom stereocenters. The van der Waals surface area contributed by atoms with Crippen LogP contribution in [0.15, 0.2) is 119 Å². The number of anilines is 1. The third-order valence-electron chi connectivity index (χ3n) is 12.3. The molecule has 0 bridgehead atoms. The monoisotopic (exact) mass is 828 g/mol. The summed E-state index contributed by atoms with van der Waals surface area (Å²) in [6, 6.07) is 25.6. The summed E-state index contributed by atoms with van der Waals surface area (Å²) >= 11 is 7.30. The van der Waals surface area contributed by atoms with Gasteiger partial charge in [-0.1, -0.05) is 92.2 Å². The van der Waals surface area contributed by atoms with Gasteiger partial charge in [-0.2, -0.15) is 8.42 Å². The number of fused-ring (bicyclic) bond motifs is 6. The molecule has 11 heteroatoms. The van der Waals surface area contributed by atoms with E-state index >= 15 is 0 Å². The van der Waals surface area contributed by atoms with E-state index in [1.54, 1.807) is 0 Å². The maximum Gasteiger partial charge on any atom is 0.264 e. The van der Waals surface area contributed by atoms with E-state index in [4.69, 9.17) is 11.6 Å². The molecule has 0 radical (unpaired) electrons.